The highest BCUT2D eigenvalue weighted by molar-refractivity contribution is 5.98. The third-order valence-corrected chi connectivity index (χ3v) is 4.99. The van der Waals surface area contributed by atoms with Crippen LogP contribution in [0.1, 0.15) is 34.8 Å². The first kappa shape index (κ1) is 16.7. The molecule has 0 bridgehead atoms. The van der Waals surface area contributed by atoms with Gasteiger partial charge in [-0.1, -0.05) is 0 Å². The number of imidazole rings is 1. The molecule has 0 spiro atoms. The normalized spacial score (nSPS) is 17.8. The van der Waals surface area contributed by atoms with E-state index in [2.05, 4.69) is 20.4 Å². The third-order valence-electron chi connectivity index (χ3n) is 4.99. The van der Waals surface area contributed by atoms with Gasteiger partial charge in [-0.15, -0.1) is 0 Å². The molecule has 8 nitrogen and oxygen atoms in total. The van der Waals surface area contributed by atoms with Crippen LogP contribution in [-0.4, -0.2) is 54.8 Å². The van der Waals surface area contributed by atoms with E-state index in [9.17, 15) is 4.79 Å². The number of hydrogen-bond acceptors (Lipinski definition) is 5. The van der Waals surface area contributed by atoms with Crippen molar-refractivity contribution in [2.45, 2.75) is 26.4 Å². The van der Waals surface area contributed by atoms with Crippen molar-refractivity contribution in [2.75, 3.05) is 19.6 Å². The summed E-state index contributed by atoms with van der Waals surface area (Å²) in [4.78, 5) is 24.3. The molecule has 1 unspecified atom stereocenters. The summed E-state index contributed by atoms with van der Waals surface area (Å²) in [7, 11) is 1.96. The summed E-state index contributed by atoms with van der Waals surface area (Å²) in [6, 6.07) is 1.82. The number of aromatic nitrogens is 5. The lowest BCUT2D eigenvalue weighted by molar-refractivity contribution is 0.0620. The minimum atomic E-state index is -0.0929. The van der Waals surface area contributed by atoms with E-state index in [4.69, 9.17) is 0 Å². The fraction of sp³-hybridized carbons (Fsp3) is 0.444. The van der Waals surface area contributed by atoms with Crippen molar-refractivity contribution in [1.82, 2.24) is 34.5 Å². The van der Waals surface area contributed by atoms with E-state index in [1.54, 1.807) is 12.4 Å². The Morgan fingerprint density at radius 3 is 3.00 bits per heavy atom. The van der Waals surface area contributed by atoms with E-state index in [0.29, 0.717) is 18.7 Å². The molecular formula is C18H23N7O. The highest BCUT2D eigenvalue weighted by Gasteiger charge is 2.32. The summed E-state index contributed by atoms with van der Waals surface area (Å²) in [5.74, 6) is 0.881. The second-order valence-electron chi connectivity index (χ2n) is 6.61. The number of carbonyl (C=O) groups excluding carboxylic acids is 1. The zero-order chi connectivity index (χ0) is 18.3. The van der Waals surface area contributed by atoms with Gasteiger partial charge in [-0.2, -0.15) is 5.10 Å². The van der Waals surface area contributed by atoms with Crippen LogP contribution in [0.4, 0.5) is 0 Å². The summed E-state index contributed by atoms with van der Waals surface area (Å²) < 4.78 is 3.82. The van der Waals surface area contributed by atoms with Crippen LogP contribution in [0.5, 0.6) is 0 Å². The van der Waals surface area contributed by atoms with Crippen molar-refractivity contribution >= 4 is 16.9 Å². The fourth-order valence-electron chi connectivity index (χ4n) is 3.58. The molecule has 1 aliphatic heterocycles. The van der Waals surface area contributed by atoms with Gasteiger partial charge in [-0.3, -0.25) is 4.79 Å². The van der Waals surface area contributed by atoms with Crippen molar-refractivity contribution in [3.8, 4) is 0 Å². The Bertz CT molecular complexity index is 958. The molecular weight excluding hydrogens is 330 g/mol. The van der Waals surface area contributed by atoms with E-state index in [1.165, 1.54) is 0 Å². The highest BCUT2D eigenvalue weighted by Crippen LogP contribution is 2.25. The molecule has 1 amide bonds. The van der Waals surface area contributed by atoms with E-state index in [1.807, 2.05) is 47.3 Å². The van der Waals surface area contributed by atoms with Crippen molar-refractivity contribution in [2.24, 2.45) is 7.05 Å². The Balaban J connectivity index is 1.72. The zero-order valence-corrected chi connectivity index (χ0v) is 15.3. The lowest BCUT2D eigenvalue weighted by atomic mass is 10.1. The number of nitrogens with zero attached hydrogens (tertiary/aromatic N) is 6. The van der Waals surface area contributed by atoms with Gasteiger partial charge in [0.05, 0.1) is 17.5 Å². The van der Waals surface area contributed by atoms with Gasteiger partial charge in [0.25, 0.3) is 5.91 Å². The molecule has 1 fully saturated rings. The maximum Gasteiger partial charge on any atom is 0.256 e. The molecule has 0 radical (unpaired) electrons. The summed E-state index contributed by atoms with van der Waals surface area (Å²) in [5, 5.41) is 8.60. The Morgan fingerprint density at radius 1 is 1.42 bits per heavy atom. The van der Waals surface area contributed by atoms with Crippen LogP contribution in [0.25, 0.3) is 11.0 Å². The quantitative estimate of drug-likeness (QED) is 0.767. The van der Waals surface area contributed by atoms with Crippen LogP contribution >= 0.6 is 0 Å². The number of piperazine rings is 1. The Labute approximate surface area is 151 Å². The lowest BCUT2D eigenvalue weighted by Crippen LogP contribution is -2.49. The molecule has 1 saturated heterocycles. The second kappa shape index (κ2) is 6.53. The van der Waals surface area contributed by atoms with Crippen LogP contribution in [0, 0.1) is 6.92 Å². The standard InChI is InChI=1S/C18H23N7O/c1-4-25-16-13(10-21-25)9-14(12(2)22-16)18(26)24-8-5-19-11-15(24)17-20-6-7-23(17)3/h6-7,9-10,15,19H,4-5,8,11H2,1-3H3. The van der Waals surface area contributed by atoms with Crippen molar-refractivity contribution in [3.05, 3.63) is 41.7 Å². The van der Waals surface area contributed by atoms with Gasteiger partial charge in [0.2, 0.25) is 0 Å². The van der Waals surface area contributed by atoms with Gasteiger partial charge in [0.15, 0.2) is 5.65 Å². The molecule has 136 valence electrons. The van der Waals surface area contributed by atoms with Crippen LogP contribution < -0.4 is 5.32 Å². The first-order valence-electron chi connectivity index (χ1n) is 8.92. The molecule has 1 atom stereocenters. The summed E-state index contributed by atoms with van der Waals surface area (Å²) in [6.45, 7) is 6.77. The molecule has 3 aromatic heterocycles. The van der Waals surface area contributed by atoms with Gasteiger partial charge in [0.1, 0.15) is 11.9 Å². The molecule has 1 N–H and O–H groups in total. The number of aryl methyl sites for hydroxylation is 3. The Morgan fingerprint density at radius 2 is 2.27 bits per heavy atom. The number of pyridine rings is 1. The first-order chi connectivity index (χ1) is 12.6. The van der Waals surface area contributed by atoms with Crippen LogP contribution in [0.2, 0.25) is 0 Å². The molecule has 0 aliphatic carbocycles. The number of hydrogen-bond donors (Lipinski definition) is 1. The third kappa shape index (κ3) is 2.66. The van der Waals surface area contributed by atoms with Crippen LogP contribution in [0.15, 0.2) is 24.7 Å². The summed E-state index contributed by atoms with van der Waals surface area (Å²) in [5.41, 5.74) is 2.19. The van der Waals surface area contributed by atoms with Gasteiger partial charge in [-0.05, 0) is 19.9 Å². The van der Waals surface area contributed by atoms with E-state index >= 15 is 0 Å². The lowest BCUT2D eigenvalue weighted by Gasteiger charge is -2.36. The van der Waals surface area contributed by atoms with Crippen LogP contribution in [0.3, 0.4) is 0 Å². The van der Waals surface area contributed by atoms with Crippen molar-refractivity contribution < 1.29 is 4.79 Å². The maximum absolute atomic E-state index is 13.4. The van der Waals surface area contributed by atoms with Crippen LogP contribution in [-0.2, 0) is 13.6 Å². The predicted molar refractivity (Wildman–Crippen MR) is 97.8 cm³/mol. The molecule has 4 rings (SSSR count). The molecule has 26 heavy (non-hydrogen) atoms. The van der Waals surface area contributed by atoms with Gasteiger partial charge in [-0.25, -0.2) is 14.6 Å². The van der Waals surface area contributed by atoms with Gasteiger partial charge < -0.3 is 14.8 Å². The average molecular weight is 353 g/mol. The molecule has 1 aliphatic rings. The van der Waals surface area contributed by atoms with E-state index < -0.39 is 0 Å². The minimum absolute atomic E-state index is 0.00403. The predicted octanol–water partition coefficient (Wildman–Crippen LogP) is 1.28. The van der Waals surface area contributed by atoms with Crippen molar-refractivity contribution in [3.63, 3.8) is 0 Å². The smallest absolute Gasteiger partial charge is 0.256 e. The van der Waals surface area contributed by atoms with E-state index in [-0.39, 0.29) is 11.9 Å². The molecule has 0 saturated carbocycles. The molecule has 8 heteroatoms. The largest absolute Gasteiger partial charge is 0.336 e. The molecule has 4 heterocycles. The van der Waals surface area contributed by atoms with E-state index in [0.717, 1.165) is 35.6 Å². The van der Waals surface area contributed by atoms with Crippen molar-refractivity contribution in [1.29, 1.82) is 0 Å². The number of fused-ring (bicyclic) bond motifs is 1. The summed E-state index contributed by atoms with van der Waals surface area (Å²) in [6.07, 6.45) is 5.45. The number of rotatable bonds is 3. The minimum Gasteiger partial charge on any atom is -0.336 e. The SMILES string of the molecule is CCn1ncc2cc(C(=O)N3CCNCC3c3nccn3C)c(C)nc21. The number of carbonyl (C=O) groups is 1. The topological polar surface area (TPSA) is 80.9 Å². The fourth-order valence-corrected chi connectivity index (χ4v) is 3.58. The Kier molecular flexibility index (Phi) is 4.20. The first-order valence-corrected chi connectivity index (χ1v) is 8.92. The highest BCUT2D eigenvalue weighted by atomic mass is 16.2. The Hall–Kier alpha value is -2.74. The molecule has 3 aromatic rings. The number of amides is 1. The summed E-state index contributed by atoms with van der Waals surface area (Å²) >= 11 is 0. The second-order valence-corrected chi connectivity index (χ2v) is 6.61. The zero-order valence-electron chi connectivity index (χ0n) is 15.3. The monoisotopic (exact) mass is 353 g/mol. The molecule has 0 aromatic carbocycles. The average Bonchev–Trinajstić information content (AvgIpc) is 3.25. The number of nitrogens with one attached hydrogen (secondary N) is 1. The van der Waals surface area contributed by atoms with Gasteiger partial charge in [0, 0.05) is 51.0 Å². The maximum atomic E-state index is 13.4. The van der Waals surface area contributed by atoms with Gasteiger partial charge >= 0.3 is 0 Å².